The zero-order valence-corrected chi connectivity index (χ0v) is 7.41. The minimum absolute atomic E-state index is 0.0766. The van der Waals surface area contributed by atoms with Crippen molar-refractivity contribution < 1.29 is 8.78 Å². The van der Waals surface area contributed by atoms with Crippen LogP contribution in [0.1, 0.15) is 18.4 Å². The van der Waals surface area contributed by atoms with Gasteiger partial charge in [-0.3, -0.25) is 0 Å². The van der Waals surface area contributed by atoms with Crippen LogP contribution in [0, 0.1) is 11.6 Å². The van der Waals surface area contributed by atoms with Crippen molar-refractivity contribution >= 4 is 11.6 Å². The summed E-state index contributed by atoms with van der Waals surface area (Å²) in [5, 5.41) is 0. The predicted molar refractivity (Wildman–Crippen MR) is 45.5 cm³/mol. The van der Waals surface area contributed by atoms with Gasteiger partial charge in [0.15, 0.2) is 0 Å². The van der Waals surface area contributed by atoms with Gasteiger partial charge in [0.2, 0.25) is 0 Å². The molecule has 0 radical (unpaired) electrons. The molecule has 0 aliphatic carbocycles. The first-order valence-electron chi connectivity index (χ1n) is 3.66. The summed E-state index contributed by atoms with van der Waals surface area (Å²) in [6.07, 6.45) is 0. The van der Waals surface area contributed by atoms with Crippen LogP contribution in [0.5, 0.6) is 0 Å². The Morgan fingerprint density at radius 3 is 2.58 bits per heavy atom. The number of halogens is 3. The highest BCUT2D eigenvalue weighted by atomic mass is 35.5. The number of hydrogen-bond acceptors (Lipinski definition) is 0. The molecule has 0 bridgehead atoms. The van der Waals surface area contributed by atoms with Gasteiger partial charge in [0.1, 0.15) is 11.6 Å². The molecule has 0 N–H and O–H groups in total. The summed E-state index contributed by atoms with van der Waals surface area (Å²) < 4.78 is 25.4. The molecule has 3 heteroatoms. The summed E-state index contributed by atoms with van der Waals surface area (Å²) in [7, 11) is 0. The van der Waals surface area contributed by atoms with Crippen molar-refractivity contribution in [1.29, 1.82) is 0 Å². The van der Waals surface area contributed by atoms with Crippen molar-refractivity contribution in [3.05, 3.63) is 35.4 Å². The highest BCUT2D eigenvalue weighted by Crippen LogP contribution is 2.20. The normalized spacial score (nSPS) is 13.0. The van der Waals surface area contributed by atoms with Crippen LogP contribution >= 0.6 is 11.6 Å². The van der Waals surface area contributed by atoms with Gasteiger partial charge in [0, 0.05) is 11.9 Å². The molecule has 66 valence electrons. The molecule has 0 saturated carbocycles. The summed E-state index contributed by atoms with van der Waals surface area (Å²) in [6, 6.07) is 3.54. The van der Waals surface area contributed by atoms with Crippen LogP contribution in [0.2, 0.25) is 0 Å². The molecule has 0 heterocycles. The van der Waals surface area contributed by atoms with Gasteiger partial charge in [0.05, 0.1) is 0 Å². The molecule has 0 aliphatic heterocycles. The van der Waals surface area contributed by atoms with Crippen LogP contribution in [0.15, 0.2) is 18.2 Å². The molecule has 0 spiro atoms. The quantitative estimate of drug-likeness (QED) is 0.628. The number of rotatable bonds is 2. The molecule has 0 aromatic heterocycles. The average Bonchev–Trinajstić information content (AvgIpc) is 2.03. The van der Waals surface area contributed by atoms with Crippen molar-refractivity contribution in [1.82, 2.24) is 0 Å². The van der Waals surface area contributed by atoms with E-state index >= 15 is 0 Å². The minimum atomic E-state index is -0.557. The third-order valence-electron chi connectivity index (χ3n) is 1.72. The van der Waals surface area contributed by atoms with E-state index in [1.807, 2.05) is 0 Å². The first-order chi connectivity index (χ1) is 5.65. The number of alkyl halides is 1. The smallest absolute Gasteiger partial charge is 0.129 e. The van der Waals surface area contributed by atoms with Gasteiger partial charge >= 0.3 is 0 Å². The fourth-order valence-corrected chi connectivity index (χ4v) is 1.15. The first-order valence-corrected chi connectivity index (χ1v) is 4.19. The van der Waals surface area contributed by atoms with E-state index in [4.69, 9.17) is 11.6 Å². The Balaban J connectivity index is 3.01. The van der Waals surface area contributed by atoms with Crippen LogP contribution in [-0.2, 0) is 0 Å². The van der Waals surface area contributed by atoms with Gasteiger partial charge in [-0.25, -0.2) is 8.78 Å². The van der Waals surface area contributed by atoms with Gasteiger partial charge in [-0.15, -0.1) is 11.6 Å². The fraction of sp³-hybridized carbons (Fsp3) is 0.333. The summed E-state index contributed by atoms with van der Waals surface area (Å²) in [5.41, 5.74) is 0.464. The molecule has 1 aromatic rings. The summed E-state index contributed by atoms with van der Waals surface area (Å²) >= 11 is 5.54. The van der Waals surface area contributed by atoms with Gasteiger partial charge in [-0.2, -0.15) is 0 Å². The van der Waals surface area contributed by atoms with E-state index in [-0.39, 0.29) is 5.92 Å². The fourth-order valence-electron chi connectivity index (χ4n) is 0.984. The molecule has 0 saturated heterocycles. The van der Waals surface area contributed by atoms with Crippen LogP contribution in [0.25, 0.3) is 0 Å². The van der Waals surface area contributed by atoms with Crippen molar-refractivity contribution in [2.45, 2.75) is 12.8 Å². The van der Waals surface area contributed by atoms with Gasteiger partial charge in [-0.05, 0) is 17.5 Å². The highest BCUT2D eigenvalue weighted by molar-refractivity contribution is 6.18. The lowest BCUT2D eigenvalue weighted by Crippen LogP contribution is -1.98. The summed E-state index contributed by atoms with van der Waals surface area (Å²) in [6.45, 7) is 1.79. The van der Waals surface area contributed by atoms with E-state index in [1.165, 1.54) is 12.1 Å². The van der Waals surface area contributed by atoms with Gasteiger partial charge in [-0.1, -0.05) is 13.0 Å². The number of hydrogen-bond donors (Lipinski definition) is 0. The largest absolute Gasteiger partial charge is 0.207 e. The Hall–Kier alpha value is -0.630. The topological polar surface area (TPSA) is 0 Å². The van der Waals surface area contributed by atoms with Crippen LogP contribution in [0.3, 0.4) is 0 Å². The Morgan fingerprint density at radius 2 is 2.08 bits per heavy atom. The molecule has 0 fully saturated rings. The number of benzene rings is 1. The molecule has 0 aliphatic rings. The lowest BCUT2D eigenvalue weighted by molar-refractivity contribution is 0.565. The lowest BCUT2D eigenvalue weighted by atomic mass is 10.0. The molecular formula is C9H9ClF2. The predicted octanol–water partition coefficient (Wildman–Crippen LogP) is 3.31. The molecule has 1 rings (SSSR count). The Labute approximate surface area is 75.2 Å². The summed E-state index contributed by atoms with van der Waals surface area (Å²) in [4.78, 5) is 0. The molecular weight excluding hydrogens is 182 g/mol. The van der Waals surface area contributed by atoms with E-state index in [1.54, 1.807) is 6.92 Å². The Kier molecular flexibility index (Phi) is 3.04. The molecule has 1 unspecified atom stereocenters. The van der Waals surface area contributed by atoms with E-state index in [0.29, 0.717) is 11.4 Å². The van der Waals surface area contributed by atoms with Crippen LogP contribution in [0.4, 0.5) is 8.78 Å². The molecule has 1 aromatic carbocycles. The van der Waals surface area contributed by atoms with Crippen molar-refractivity contribution in [2.24, 2.45) is 0 Å². The molecule has 0 amide bonds. The van der Waals surface area contributed by atoms with Crippen LogP contribution in [-0.4, -0.2) is 5.88 Å². The van der Waals surface area contributed by atoms with Crippen molar-refractivity contribution in [2.75, 3.05) is 5.88 Å². The zero-order chi connectivity index (χ0) is 9.14. The maximum absolute atomic E-state index is 13.0. The molecule has 1 atom stereocenters. The van der Waals surface area contributed by atoms with E-state index in [9.17, 15) is 8.78 Å². The monoisotopic (exact) mass is 190 g/mol. The second kappa shape index (κ2) is 3.85. The molecule has 12 heavy (non-hydrogen) atoms. The SMILES string of the molecule is CC(CCl)c1ccc(F)cc1F. The second-order valence-electron chi connectivity index (χ2n) is 2.72. The maximum atomic E-state index is 13.0. The molecule has 0 nitrogen and oxygen atoms in total. The Morgan fingerprint density at radius 1 is 1.42 bits per heavy atom. The van der Waals surface area contributed by atoms with Crippen molar-refractivity contribution in [3.8, 4) is 0 Å². The Bertz CT molecular complexity index is 273. The standard InChI is InChI=1S/C9H9ClF2/c1-6(5-10)8-3-2-7(11)4-9(8)12/h2-4,6H,5H2,1H3. The average molecular weight is 191 g/mol. The third-order valence-corrected chi connectivity index (χ3v) is 2.19. The maximum Gasteiger partial charge on any atom is 0.129 e. The summed E-state index contributed by atoms with van der Waals surface area (Å²) in [5.74, 6) is -0.823. The highest BCUT2D eigenvalue weighted by Gasteiger charge is 2.09. The van der Waals surface area contributed by atoms with E-state index < -0.39 is 11.6 Å². The van der Waals surface area contributed by atoms with E-state index in [0.717, 1.165) is 6.07 Å². The van der Waals surface area contributed by atoms with Crippen LogP contribution < -0.4 is 0 Å². The van der Waals surface area contributed by atoms with Gasteiger partial charge in [0.25, 0.3) is 0 Å². The third kappa shape index (κ3) is 1.95. The van der Waals surface area contributed by atoms with Crippen molar-refractivity contribution in [3.63, 3.8) is 0 Å². The zero-order valence-electron chi connectivity index (χ0n) is 6.65. The first kappa shape index (κ1) is 9.46. The van der Waals surface area contributed by atoms with E-state index in [2.05, 4.69) is 0 Å². The van der Waals surface area contributed by atoms with Gasteiger partial charge < -0.3 is 0 Å². The minimum Gasteiger partial charge on any atom is -0.207 e. The lowest BCUT2D eigenvalue weighted by Gasteiger charge is -2.08. The second-order valence-corrected chi connectivity index (χ2v) is 3.03.